The lowest BCUT2D eigenvalue weighted by molar-refractivity contribution is -0.142. The number of aliphatic carboxylic acids is 1. The Labute approximate surface area is 115 Å². The van der Waals surface area contributed by atoms with Gasteiger partial charge in [-0.05, 0) is 43.4 Å². The second-order valence-electron chi connectivity index (χ2n) is 5.73. The minimum atomic E-state index is -0.692. The van der Waals surface area contributed by atoms with Gasteiger partial charge in [-0.15, -0.1) is 0 Å². The molecular formula is C16H23NO2. The van der Waals surface area contributed by atoms with E-state index >= 15 is 0 Å². The third-order valence-corrected chi connectivity index (χ3v) is 4.16. The standard InChI is InChI=1S/C16H23NO2/c1-11(2)13-6-8-14(9-7-13)12(3)17-10-4-5-15(17)16(18)19/h6-9,11-12,15H,4-5,10H2,1-3H3,(H,18,19). The van der Waals surface area contributed by atoms with Crippen LogP contribution in [0.15, 0.2) is 24.3 Å². The predicted octanol–water partition coefficient (Wildman–Crippen LogP) is 3.42. The van der Waals surface area contributed by atoms with Gasteiger partial charge in [0.25, 0.3) is 0 Å². The molecule has 1 saturated heterocycles. The molecule has 1 heterocycles. The second kappa shape index (κ2) is 5.74. The first-order valence-corrected chi connectivity index (χ1v) is 7.09. The number of rotatable bonds is 4. The lowest BCUT2D eigenvalue weighted by Crippen LogP contribution is -2.37. The van der Waals surface area contributed by atoms with Crippen molar-refractivity contribution in [3.8, 4) is 0 Å². The van der Waals surface area contributed by atoms with Gasteiger partial charge in [-0.25, -0.2) is 0 Å². The molecule has 0 amide bonds. The Hall–Kier alpha value is -1.35. The molecule has 1 N–H and O–H groups in total. The van der Waals surface area contributed by atoms with E-state index in [0.29, 0.717) is 5.92 Å². The van der Waals surface area contributed by atoms with Crippen LogP contribution in [-0.2, 0) is 4.79 Å². The maximum atomic E-state index is 11.2. The maximum Gasteiger partial charge on any atom is 0.320 e. The van der Waals surface area contributed by atoms with Gasteiger partial charge in [0, 0.05) is 6.04 Å². The van der Waals surface area contributed by atoms with Gasteiger partial charge in [0.05, 0.1) is 0 Å². The second-order valence-corrected chi connectivity index (χ2v) is 5.73. The zero-order chi connectivity index (χ0) is 14.0. The van der Waals surface area contributed by atoms with E-state index in [1.807, 2.05) is 0 Å². The molecule has 1 fully saturated rings. The summed E-state index contributed by atoms with van der Waals surface area (Å²) in [6.07, 6.45) is 1.75. The van der Waals surface area contributed by atoms with Crippen molar-refractivity contribution in [2.45, 2.75) is 51.6 Å². The molecule has 1 aliphatic rings. The average Bonchev–Trinajstić information content (AvgIpc) is 2.87. The Balaban J connectivity index is 2.14. The van der Waals surface area contributed by atoms with E-state index in [0.717, 1.165) is 19.4 Å². The summed E-state index contributed by atoms with van der Waals surface area (Å²) in [5.74, 6) is -0.161. The summed E-state index contributed by atoms with van der Waals surface area (Å²) >= 11 is 0. The highest BCUT2D eigenvalue weighted by atomic mass is 16.4. The third kappa shape index (κ3) is 2.98. The zero-order valence-electron chi connectivity index (χ0n) is 12.0. The van der Waals surface area contributed by atoms with Crippen molar-refractivity contribution in [2.75, 3.05) is 6.54 Å². The minimum Gasteiger partial charge on any atom is -0.480 e. The smallest absolute Gasteiger partial charge is 0.320 e. The molecule has 1 aromatic rings. The highest BCUT2D eigenvalue weighted by Gasteiger charge is 2.33. The number of hydrogen-bond acceptors (Lipinski definition) is 2. The Morgan fingerprint density at radius 1 is 1.21 bits per heavy atom. The summed E-state index contributed by atoms with van der Waals surface area (Å²) in [6, 6.07) is 8.43. The van der Waals surface area contributed by atoms with E-state index in [9.17, 15) is 9.90 Å². The van der Waals surface area contributed by atoms with Gasteiger partial charge in [-0.1, -0.05) is 38.1 Å². The van der Waals surface area contributed by atoms with Crippen LogP contribution in [0, 0.1) is 0 Å². The van der Waals surface area contributed by atoms with Crippen LogP contribution in [0.25, 0.3) is 0 Å². The minimum absolute atomic E-state index is 0.171. The number of likely N-dealkylation sites (tertiary alicyclic amines) is 1. The van der Waals surface area contributed by atoms with Crippen LogP contribution in [0.1, 0.15) is 56.7 Å². The van der Waals surface area contributed by atoms with E-state index in [-0.39, 0.29) is 12.1 Å². The summed E-state index contributed by atoms with van der Waals surface area (Å²) in [7, 11) is 0. The van der Waals surface area contributed by atoms with Crippen molar-refractivity contribution in [3.05, 3.63) is 35.4 Å². The highest BCUT2D eigenvalue weighted by molar-refractivity contribution is 5.73. The van der Waals surface area contributed by atoms with Crippen molar-refractivity contribution in [1.82, 2.24) is 4.90 Å². The quantitative estimate of drug-likeness (QED) is 0.902. The number of nitrogens with zero attached hydrogens (tertiary/aromatic N) is 1. The Morgan fingerprint density at radius 2 is 1.79 bits per heavy atom. The van der Waals surface area contributed by atoms with Gasteiger partial charge >= 0.3 is 5.97 Å². The number of benzene rings is 1. The molecule has 0 bridgehead atoms. The molecular weight excluding hydrogens is 238 g/mol. The van der Waals surface area contributed by atoms with Crippen LogP contribution in [-0.4, -0.2) is 28.6 Å². The summed E-state index contributed by atoms with van der Waals surface area (Å²) < 4.78 is 0. The van der Waals surface area contributed by atoms with E-state index in [2.05, 4.69) is 49.9 Å². The average molecular weight is 261 g/mol. The van der Waals surface area contributed by atoms with Crippen LogP contribution in [0.5, 0.6) is 0 Å². The van der Waals surface area contributed by atoms with E-state index in [1.54, 1.807) is 0 Å². The summed E-state index contributed by atoms with van der Waals surface area (Å²) in [4.78, 5) is 13.4. The molecule has 0 spiro atoms. The van der Waals surface area contributed by atoms with Crippen LogP contribution in [0.4, 0.5) is 0 Å². The molecule has 2 atom stereocenters. The van der Waals surface area contributed by atoms with Gasteiger partial charge in [-0.3, -0.25) is 9.69 Å². The van der Waals surface area contributed by atoms with Crippen LogP contribution >= 0.6 is 0 Å². The Kier molecular flexibility index (Phi) is 4.25. The molecule has 1 aliphatic heterocycles. The number of carbonyl (C=O) groups is 1. The zero-order valence-corrected chi connectivity index (χ0v) is 12.0. The molecule has 0 aliphatic carbocycles. The molecule has 2 rings (SSSR count). The van der Waals surface area contributed by atoms with Gasteiger partial charge in [-0.2, -0.15) is 0 Å². The fourth-order valence-corrected chi connectivity index (χ4v) is 2.87. The first kappa shape index (κ1) is 14.1. The summed E-state index contributed by atoms with van der Waals surface area (Å²) in [5, 5.41) is 9.25. The fraction of sp³-hybridized carbons (Fsp3) is 0.562. The lowest BCUT2D eigenvalue weighted by Gasteiger charge is -2.28. The fourth-order valence-electron chi connectivity index (χ4n) is 2.87. The van der Waals surface area contributed by atoms with Crippen LogP contribution in [0.3, 0.4) is 0 Å². The molecule has 3 nitrogen and oxygen atoms in total. The third-order valence-electron chi connectivity index (χ3n) is 4.16. The molecule has 104 valence electrons. The first-order valence-electron chi connectivity index (χ1n) is 7.09. The highest BCUT2D eigenvalue weighted by Crippen LogP contribution is 2.30. The first-order chi connectivity index (χ1) is 9.00. The van der Waals surface area contributed by atoms with Gasteiger partial charge in [0.1, 0.15) is 6.04 Å². The molecule has 19 heavy (non-hydrogen) atoms. The maximum absolute atomic E-state index is 11.2. The van der Waals surface area contributed by atoms with Crippen molar-refractivity contribution in [2.24, 2.45) is 0 Å². The van der Waals surface area contributed by atoms with E-state index in [1.165, 1.54) is 11.1 Å². The van der Waals surface area contributed by atoms with Gasteiger partial charge in [0.15, 0.2) is 0 Å². The number of carboxylic acid groups (broad SMARTS) is 1. The molecule has 3 heteroatoms. The molecule has 0 aromatic heterocycles. The Morgan fingerprint density at radius 3 is 2.32 bits per heavy atom. The van der Waals surface area contributed by atoms with Crippen molar-refractivity contribution >= 4 is 5.97 Å². The normalized spacial score (nSPS) is 21.8. The summed E-state index contributed by atoms with van der Waals surface area (Å²) in [5.41, 5.74) is 2.53. The predicted molar refractivity (Wildman–Crippen MR) is 76.3 cm³/mol. The van der Waals surface area contributed by atoms with E-state index < -0.39 is 5.97 Å². The SMILES string of the molecule is CC(C)c1ccc(C(C)N2CCCC2C(=O)O)cc1. The number of carboxylic acids is 1. The van der Waals surface area contributed by atoms with E-state index in [4.69, 9.17) is 0 Å². The molecule has 0 radical (unpaired) electrons. The van der Waals surface area contributed by atoms with Crippen LogP contribution < -0.4 is 0 Å². The molecule has 2 unspecified atom stereocenters. The Bertz CT molecular complexity index is 439. The van der Waals surface area contributed by atoms with Gasteiger partial charge < -0.3 is 5.11 Å². The van der Waals surface area contributed by atoms with Crippen molar-refractivity contribution < 1.29 is 9.90 Å². The summed E-state index contributed by atoms with van der Waals surface area (Å²) in [6.45, 7) is 7.34. The van der Waals surface area contributed by atoms with Crippen molar-refractivity contribution in [1.29, 1.82) is 0 Å². The molecule has 0 saturated carbocycles. The lowest BCUT2D eigenvalue weighted by atomic mass is 9.99. The largest absolute Gasteiger partial charge is 0.480 e. The van der Waals surface area contributed by atoms with Crippen molar-refractivity contribution in [3.63, 3.8) is 0 Å². The topological polar surface area (TPSA) is 40.5 Å². The molecule has 1 aromatic carbocycles. The van der Waals surface area contributed by atoms with Gasteiger partial charge in [0.2, 0.25) is 0 Å². The van der Waals surface area contributed by atoms with Crippen LogP contribution in [0.2, 0.25) is 0 Å². The number of hydrogen-bond donors (Lipinski definition) is 1. The monoisotopic (exact) mass is 261 g/mol.